The maximum Gasteiger partial charge on any atom is 0.413 e. The molecule has 1 amide bonds. The van der Waals surface area contributed by atoms with Gasteiger partial charge in [0.1, 0.15) is 19.4 Å². The number of thiazole rings is 1. The van der Waals surface area contributed by atoms with E-state index in [-0.39, 0.29) is 23.1 Å². The highest BCUT2D eigenvalue weighted by Gasteiger charge is 2.17. The van der Waals surface area contributed by atoms with Crippen LogP contribution in [-0.2, 0) is 14.4 Å². The van der Waals surface area contributed by atoms with Crippen molar-refractivity contribution in [2.75, 3.05) is 19.0 Å². The molecule has 0 bridgehead atoms. The number of carbonyl (C=O) groups excluding carboxylic acids is 2. The third-order valence-corrected chi connectivity index (χ3v) is 2.59. The van der Waals surface area contributed by atoms with Gasteiger partial charge in [0.25, 0.3) is 5.24 Å². The van der Waals surface area contributed by atoms with Crippen LogP contribution < -0.4 is 5.32 Å². The van der Waals surface area contributed by atoms with Crippen LogP contribution in [0.2, 0.25) is 0 Å². The standard InChI is InChI=1S/C10H10ClN3O4S/c1-3-4-18-10(16)13-9-12-6(5-19-9)7(8(11)15)14-17-2/h3,5H,1,4H2,2H3,(H,12,13,16). The van der Waals surface area contributed by atoms with Crippen molar-refractivity contribution in [3.05, 3.63) is 23.7 Å². The van der Waals surface area contributed by atoms with Crippen molar-refractivity contribution < 1.29 is 19.2 Å². The van der Waals surface area contributed by atoms with Crippen LogP contribution in [0.25, 0.3) is 0 Å². The van der Waals surface area contributed by atoms with Crippen LogP contribution in [0, 0.1) is 0 Å². The topological polar surface area (TPSA) is 89.9 Å². The number of aromatic nitrogens is 1. The lowest BCUT2D eigenvalue weighted by Gasteiger charge is -2.00. The summed E-state index contributed by atoms with van der Waals surface area (Å²) >= 11 is 6.42. The van der Waals surface area contributed by atoms with E-state index in [1.54, 1.807) is 0 Å². The lowest BCUT2D eigenvalue weighted by Crippen LogP contribution is -2.14. The molecule has 0 radical (unpaired) electrons. The van der Waals surface area contributed by atoms with Crippen LogP contribution in [0.4, 0.5) is 9.93 Å². The number of amides is 1. The molecule has 7 nitrogen and oxygen atoms in total. The second-order valence-corrected chi connectivity index (χ2v) is 4.15. The maximum absolute atomic E-state index is 11.2. The molecule has 1 aromatic rings. The predicted octanol–water partition coefficient (Wildman–Crippen LogP) is 1.99. The van der Waals surface area contributed by atoms with Gasteiger partial charge in [-0.1, -0.05) is 17.8 Å². The van der Waals surface area contributed by atoms with Crippen molar-refractivity contribution in [1.82, 2.24) is 4.98 Å². The van der Waals surface area contributed by atoms with E-state index in [1.165, 1.54) is 18.6 Å². The van der Waals surface area contributed by atoms with Crippen molar-refractivity contribution in [2.24, 2.45) is 5.16 Å². The molecule has 0 aliphatic carbocycles. The van der Waals surface area contributed by atoms with Gasteiger partial charge >= 0.3 is 6.09 Å². The normalized spacial score (nSPS) is 10.7. The van der Waals surface area contributed by atoms with Gasteiger partial charge in [-0.15, -0.1) is 11.3 Å². The Morgan fingerprint density at radius 3 is 3.00 bits per heavy atom. The van der Waals surface area contributed by atoms with E-state index in [0.717, 1.165) is 11.3 Å². The Hall–Kier alpha value is -1.93. The van der Waals surface area contributed by atoms with Crippen molar-refractivity contribution >= 4 is 45.1 Å². The zero-order chi connectivity index (χ0) is 14.3. The summed E-state index contributed by atoms with van der Waals surface area (Å²) < 4.78 is 4.71. The van der Waals surface area contributed by atoms with Crippen molar-refractivity contribution in [1.29, 1.82) is 0 Å². The number of ether oxygens (including phenoxy) is 1. The van der Waals surface area contributed by atoms with Crippen molar-refractivity contribution in [3.63, 3.8) is 0 Å². The second kappa shape index (κ2) is 7.49. The molecule has 102 valence electrons. The molecule has 9 heteroatoms. The zero-order valence-corrected chi connectivity index (χ0v) is 11.5. The first-order chi connectivity index (χ1) is 9.08. The van der Waals surface area contributed by atoms with E-state index in [9.17, 15) is 9.59 Å². The highest BCUT2D eigenvalue weighted by atomic mass is 35.5. The van der Waals surface area contributed by atoms with Gasteiger partial charge in [-0.3, -0.25) is 10.1 Å². The SMILES string of the molecule is C=CCOC(=O)Nc1nc(C(=NOC)C(=O)Cl)cs1. The molecule has 0 saturated heterocycles. The molecule has 1 N–H and O–H groups in total. The van der Waals surface area contributed by atoms with Crippen LogP contribution in [0.1, 0.15) is 5.69 Å². The Balaban J connectivity index is 2.76. The van der Waals surface area contributed by atoms with E-state index in [1.807, 2.05) is 0 Å². The largest absolute Gasteiger partial charge is 0.445 e. The van der Waals surface area contributed by atoms with Gasteiger partial charge in [0, 0.05) is 5.38 Å². The molecule has 1 aromatic heterocycles. The number of rotatable bonds is 6. The van der Waals surface area contributed by atoms with Crippen LogP contribution in [0.15, 0.2) is 23.2 Å². The molecule has 1 heterocycles. The van der Waals surface area contributed by atoms with Gasteiger partial charge in [-0.05, 0) is 11.6 Å². The number of halogens is 1. The summed E-state index contributed by atoms with van der Waals surface area (Å²) in [5.74, 6) is 0. The first kappa shape index (κ1) is 15.1. The zero-order valence-electron chi connectivity index (χ0n) is 9.88. The fourth-order valence-corrected chi connectivity index (χ4v) is 1.78. The van der Waals surface area contributed by atoms with E-state index >= 15 is 0 Å². The molecule has 0 spiro atoms. The van der Waals surface area contributed by atoms with Gasteiger partial charge in [0.15, 0.2) is 10.8 Å². The Bertz CT molecular complexity index is 515. The van der Waals surface area contributed by atoms with Gasteiger partial charge in [0.05, 0.1) is 0 Å². The Morgan fingerprint density at radius 1 is 1.68 bits per heavy atom. The lowest BCUT2D eigenvalue weighted by molar-refractivity contribution is -0.106. The molecule has 0 fully saturated rings. The number of anilines is 1. The third-order valence-electron chi connectivity index (χ3n) is 1.66. The summed E-state index contributed by atoms with van der Waals surface area (Å²) in [6, 6.07) is 0. The molecular weight excluding hydrogens is 294 g/mol. The Kier molecular flexibility index (Phi) is 5.97. The highest BCUT2D eigenvalue weighted by molar-refractivity contribution is 7.14. The molecule has 0 saturated carbocycles. The molecule has 19 heavy (non-hydrogen) atoms. The molecule has 1 rings (SSSR count). The Labute approximate surface area is 117 Å². The summed E-state index contributed by atoms with van der Waals surface area (Å²) in [6.45, 7) is 3.49. The van der Waals surface area contributed by atoms with Crippen molar-refractivity contribution in [3.8, 4) is 0 Å². The molecule has 0 atom stereocenters. The fraction of sp³-hybridized carbons (Fsp3) is 0.200. The molecule has 0 aromatic carbocycles. The predicted molar refractivity (Wildman–Crippen MR) is 71.7 cm³/mol. The number of nitrogens with zero attached hydrogens (tertiary/aromatic N) is 2. The average molecular weight is 304 g/mol. The van der Waals surface area contributed by atoms with E-state index < -0.39 is 11.3 Å². The first-order valence-corrected chi connectivity index (χ1v) is 6.15. The van der Waals surface area contributed by atoms with E-state index in [2.05, 4.69) is 26.9 Å². The number of nitrogens with one attached hydrogen (secondary N) is 1. The molecule has 0 aliphatic heterocycles. The maximum atomic E-state index is 11.2. The lowest BCUT2D eigenvalue weighted by atomic mass is 10.3. The summed E-state index contributed by atoms with van der Waals surface area (Å²) in [7, 11) is 1.28. The summed E-state index contributed by atoms with van der Waals surface area (Å²) in [5.41, 5.74) is 0.0544. The number of hydrogen-bond acceptors (Lipinski definition) is 7. The highest BCUT2D eigenvalue weighted by Crippen LogP contribution is 2.17. The summed E-state index contributed by atoms with van der Waals surface area (Å²) in [5, 5.41) is 6.77. The monoisotopic (exact) mass is 303 g/mol. The van der Waals surface area contributed by atoms with Gasteiger partial charge in [0.2, 0.25) is 0 Å². The van der Waals surface area contributed by atoms with Crippen molar-refractivity contribution in [2.45, 2.75) is 0 Å². The molecular formula is C10H10ClN3O4S. The van der Waals surface area contributed by atoms with Gasteiger partial charge in [-0.2, -0.15) is 0 Å². The van der Waals surface area contributed by atoms with Gasteiger partial charge in [-0.25, -0.2) is 9.78 Å². The first-order valence-electron chi connectivity index (χ1n) is 4.90. The number of carbonyl (C=O) groups is 2. The Morgan fingerprint density at radius 2 is 2.42 bits per heavy atom. The fourth-order valence-electron chi connectivity index (χ4n) is 0.973. The second-order valence-electron chi connectivity index (χ2n) is 2.95. The minimum Gasteiger partial charge on any atom is -0.445 e. The molecule has 0 aliphatic rings. The molecule has 0 unspecified atom stereocenters. The van der Waals surface area contributed by atoms with Crippen LogP contribution in [0.3, 0.4) is 0 Å². The van der Waals surface area contributed by atoms with Gasteiger partial charge < -0.3 is 9.57 Å². The van der Waals surface area contributed by atoms with Crippen LogP contribution in [-0.4, -0.2) is 35.7 Å². The number of hydrogen-bond donors (Lipinski definition) is 1. The average Bonchev–Trinajstić information content (AvgIpc) is 2.81. The summed E-state index contributed by atoms with van der Waals surface area (Å²) in [6.07, 6.45) is 0.755. The number of oxime groups is 1. The summed E-state index contributed by atoms with van der Waals surface area (Å²) in [4.78, 5) is 30.8. The smallest absolute Gasteiger partial charge is 0.413 e. The quantitative estimate of drug-likeness (QED) is 0.376. The van der Waals surface area contributed by atoms with Crippen LogP contribution in [0.5, 0.6) is 0 Å². The van der Waals surface area contributed by atoms with E-state index in [0.29, 0.717) is 0 Å². The third kappa shape index (κ3) is 4.68. The van der Waals surface area contributed by atoms with Crippen LogP contribution >= 0.6 is 22.9 Å². The van der Waals surface area contributed by atoms with E-state index in [4.69, 9.17) is 16.3 Å². The minimum absolute atomic E-state index is 0.0839. The minimum atomic E-state index is -0.812.